The fourth-order valence-corrected chi connectivity index (χ4v) is 3.64. The van der Waals surface area contributed by atoms with Crippen molar-refractivity contribution < 1.29 is 4.79 Å². The summed E-state index contributed by atoms with van der Waals surface area (Å²) < 4.78 is 4.71. The number of rotatable bonds is 6. The average molecular weight is 444 g/mol. The van der Waals surface area contributed by atoms with E-state index in [1.807, 2.05) is 55.8 Å². The minimum Gasteiger partial charge on any atom is -0.310 e. The normalized spacial score (nSPS) is 11.2. The zero-order valence-electron chi connectivity index (χ0n) is 17.0. The van der Waals surface area contributed by atoms with Crippen LogP contribution in [0.3, 0.4) is 0 Å². The van der Waals surface area contributed by atoms with Crippen LogP contribution in [0.2, 0.25) is 0 Å². The first-order valence-electron chi connectivity index (χ1n) is 9.40. The first-order valence-corrected chi connectivity index (χ1v) is 10.2. The summed E-state index contributed by atoms with van der Waals surface area (Å²) in [5.74, 6) is 1.08. The molecule has 0 spiro atoms. The summed E-state index contributed by atoms with van der Waals surface area (Å²) >= 11 is 3.48. The monoisotopic (exact) mass is 443 g/mol. The summed E-state index contributed by atoms with van der Waals surface area (Å²) in [4.78, 5) is 12.8. The smallest absolute Gasteiger partial charge is 0.230 e. The highest BCUT2D eigenvalue weighted by molar-refractivity contribution is 9.10. The van der Waals surface area contributed by atoms with Gasteiger partial charge in [-0.15, -0.1) is 0 Å². The fourth-order valence-electron chi connectivity index (χ4n) is 3.25. The lowest BCUT2D eigenvalue weighted by molar-refractivity contribution is -0.115. The first-order chi connectivity index (χ1) is 13.2. The van der Waals surface area contributed by atoms with Crippen LogP contribution in [0.1, 0.15) is 36.5 Å². The minimum absolute atomic E-state index is 0.0774. The number of carbonyl (C=O) groups excluding carboxylic acids is 1. The van der Waals surface area contributed by atoms with Crippen molar-refractivity contribution in [2.24, 2.45) is 5.92 Å². The molecule has 3 aromatic rings. The van der Waals surface area contributed by atoms with E-state index >= 15 is 0 Å². The quantitative estimate of drug-likeness (QED) is 0.605. The molecule has 0 unspecified atom stereocenters. The molecule has 1 amide bonds. The van der Waals surface area contributed by atoms with E-state index in [9.17, 15) is 4.79 Å². The van der Waals surface area contributed by atoms with Gasteiger partial charge in [-0.25, -0.2) is 4.68 Å². The zero-order valence-corrected chi connectivity index (χ0v) is 18.5. The van der Waals surface area contributed by atoms with Crippen LogP contribution in [0.4, 0.5) is 5.82 Å². The van der Waals surface area contributed by atoms with E-state index in [0.717, 1.165) is 39.4 Å². The first kappa shape index (κ1) is 20.3. The lowest BCUT2D eigenvalue weighted by Gasteiger charge is -2.10. The van der Waals surface area contributed by atoms with E-state index in [4.69, 9.17) is 0 Å². The molecular weight excluding hydrogens is 418 g/mol. The summed E-state index contributed by atoms with van der Waals surface area (Å²) in [7, 11) is 0. The maximum atomic E-state index is 12.8. The number of carbonyl (C=O) groups is 1. The topological polar surface area (TPSA) is 64.7 Å². The minimum atomic E-state index is -0.0774. The van der Waals surface area contributed by atoms with Crippen molar-refractivity contribution in [1.82, 2.24) is 19.6 Å². The number of aromatic nitrogens is 4. The summed E-state index contributed by atoms with van der Waals surface area (Å²) in [6.45, 7) is 11.1. The zero-order chi connectivity index (χ0) is 20.4. The van der Waals surface area contributed by atoms with E-state index in [1.165, 1.54) is 0 Å². The van der Waals surface area contributed by atoms with Crippen LogP contribution in [0.25, 0.3) is 5.69 Å². The Morgan fingerprint density at radius 2 is 1.93 bits per heavy atom. The van der Waals surface area contributed by atoms with E-state index in [1.54, 1.807) is 4.68 Å². The predicted octanol–water partition coefficient (Wildman–Crippen LogP) is 4.59. The third-order valence-electron chi connectivity index (χ3n) is 4.56. The van der Waals surface area contributed by atoms with Gasteiger partial charge in [0.05, 0.1) is 23.5 Å². The number of hydrogen-bond acceptors (Lipinski definition) is 3. The Hall–Kier alpha value is -2.41. The molecule has 3 rings (SSSR count). The highest BCUT2D eigenvalue weighted by Gasteiger charge is 2.17. The lowest BCUT2D eigenvalue weighted by Crippen LogP contribution is -2.18. The molecule has 2 heterocycles. The predicted molar refractivity (Wildman–Crippen MR) is 115 cm³/mol. The molecule has 148 valence electrons. The van der Waals surface area contributed by atoms with Gasteiger partial charge in [0.25, 0.3) is 0 Å². The van der Waals surface area contributed by atoms with Crippen molar-refractivity contribution in [2.45, 2.75) is 47.6 Å². The van der Waals surface area contributed by atoms with Crippen molar-refractivity contribution in [1.29, 1.82) is 0 Å². The second kappa shape index (κ2) is 8.31. The number of halogens is 1. The second-order valence-corrected chi connectivity index (χ2v) is 8.43. The van der Waals surface area contributed by atoms with Crippen molar-refractivity contribution in [2.75, 3.05) is 5.32 Å². The van der Waals surface area contributed by atoms with Gasteiger partial charge in [0.15, 0.2) is 0 Å². The molecule has 6 nitrogen and oxygen atoms in total. The molecule has 0 aliphatic heterocycles. The number of benzene rings is 1. The van der Waals surface area contributed by atoms with Gasteiger partial charge in [0.1, 0.15) is 5.82 Å². The Balaban J connectivity index is 1.81. The van der Waals surface area contributed by atoms with Crippen molar-refractivity contribution >= 4 is 27.7 Å². The lowest BCUT2D eigenvalue weighted by atomic mass is 10.1. The molecule has 28 heavy (non-hydrogen) atoms. The van der Waals surface area contributed by atoms with Gasteiger partial charge in [-0.2, -0.15) is 10.2 Å². The van der Waals surface area contributed by atoms with E-state index in [0.29, 0.717) is 18.2 Å². The van der Waals surface area contributed by atoms with Crippen LogP contribution in [-0.2, 0) is 17.8 Å². The van der Waals surface area contributed by atoms with Gasteiger partial charge in [-0.3, -0.25) is 9.48 Å². The van der Waals surface area contributed by atoms with Gasteiger partial charge in [0.2, 0.25) is 5.91 Å². The SMILES string of the molecule is Cc1cc(NC(=O)Cc2c(C)nn(CC(C)C)c2C)n(-c2cccc(Br)c2)n1. The van der Waals surface area contributed by atoms with Gasteiger partial charge >= 0.3 is 0 Å². The number of amides is 1. The van der Waals surface area contributed by atoms with Gasteiger partial charge in [0, 0.05) is 28.3 Å². The molecule has 2 aromatic heterocycles. The standard InChI is InChI=1S/C21H26BrN5O/c1-13(2)12-26-16(5)19(15(4)25-26)11-21(28)23-20-9-14(3)24-27(20)18-8-6-7-17(22)10-18/h6-10,13H,11-12H2,1-5H3,(H,23,28). The van der Waals surface area contributed by atoms with Crippen LogP contribution in [0.5, 0.6) is 0 Å². The Bertz CT molecular complexity index is 1000. The Morgan fingerprint density at radius 1 is 1.18 bits per heavy atom. The van der Waals surface area contributed by atoms with Crippen LogP contribution >= 0.6 is 15.9 Å². The Morgan fingerprint density at radius 3 is 2.61 bits per heavy atom. The van der Waals surface area contributed by atoms with Crippen molar-refractivity contribution in [3.63, 3.8) is 0 Å². The summed E-state index contributed by atoms with van der Waals surface area (Å²) in [6, 6.07) is 9.69. The van der Waals surface area contributed by atoms with Crippen LogP contribution in [0.15, 0.2) is 34.8 Å². The third kappa shape index (κ3) is 4.52. The maximum absolute atomic E-state index is 12.8. The highest BCUT2D eigenvalue weighted by atomic mass is 79.9. The molecule has 0 atom stereocenters. The number of nitrogens with one attached hydrogen (secondary N) is 1. The number of aryl methyl sites for hydroxylation is 2. The average Bonchev–Trinajstić information content (AvgIpc) is 3.09. The molecule has 7 heteroatoms. The molecule has 0 saturated heterocycles. The van der Waals surface area contributed by atoms with Crippen molar-refractivity contribution in [3.8, 4) is 5.69 Å². The van der Waals surface area contributed by atoms with E-state index in [-0.39, 0.29) is 5.91 Å². The Labute approximate surface area is 174 Å². The second-order valence-electron chi connectivity index (χ2n) is 7.51. The molecular formula is C21H26BrN5O. The van der Waals surface area contributed by atoms with Gasteiger partial charge in [-0.05, 0) is 44.9 Å². The largest absolute Gasteiger partial charge is 0.310 e. The maximum Gasteiger partial charge on any atom is 0.230 e. The van der Waals surface area contributed by atoms with Gasteiger partial charge in [-0.1, -0.05) is 35.8 Å². The Kier molecular flexibility index (Phi) is 6.03. The third-order valence-corrected chi connectivity index (χ3v) is 5.05. The van der Waals surface area contributed by atoms with E-state index in [2.05, 4.69) is 45.3 Å². The van der Waals surface area contributed by atoms with Crippen LogP contribution < -0.4 is 5.32 Å². The van der Waals surface area contributed by atoms with Crippen molar-refractivity contribution in [3.05, 3.63) is 57.4 Å². The molecule has 0 saturated carbocycles. The number of hydrogen-bond donors (Lipinski definition) is 1. The molecule has 1 aromatic carbocycles. The highest BCUT2D eigenvalue weighted by Crippen LogP contribution is 2.21. The molecule has 0 aliphatic rings. The molecule has 0 aliphatic carbocycles. The summed E-state index contributed by atoms with van der Waals surface area (Å²) in [5, 5.41) is 12.1. The molecule has 0 bridgehead atoms. The summed E-state index contributed by atoms with van der Waals surface area (Å²) in [6.07, 6.45) is 0.290. The number of nitrogens with zero attached hydrogens (tertiary/aromatic N) is 4. The summed E-state index contributed by atoms with van der Waals surface area (Å²) in [5.41, 5.74) is 4.67. The number of anilines is 1. The molecule has 0 radical (unpaired) electrons. The molecule has 1 N–H and O–H groups in total. The fraction of sp³-hybridized carbons (Fsp3) is 0.381. The van der Waals surface area contributed by atoms with Gasteiger partial charge < -0.3 is 5.32 Å². The van der Waals surface area contributed by atoms with Crippen LogP contribution in [0, 0.1) is 26.7 Å². The van der Waals surface area contributed by atoms with E-state index < -0.39 is 0 Å². The van der Waals surface area contributed by atoms with Crippen LogP contribution in [-0.4, -0.2) is 25.5 Å². The molecule has 0 fully saturated rings.